The number of halogens is 1. The van der Waals surface area contributed by atoms with Gasteiger partial charge >= 0.3 is 0 Å². The molecule has 1 aliphatic carbocycles. The van der Waals surface area contributed by atoms with Crippen molar-refractivity contribution < 1.29 is 9.59 Å². The van der Waals surface area contributed by atoms with Crippen molar-refractivity contribution in [2.75, 3.05) is 5.32 Å². The Hall–Kier alpha value is -1.55. The van der Waals surface area contributed by atoms with Gasteiger partial charge in [0.1, 0.15) is 5.41 Å². The standard InChI is InChI=1S/C17H23ClN2O2/c1-5-12(4)19-15(21)17(6-7-17)16(22)20-14-11(3)8-10(2)9-13(14)18/h8-9,12H,5-7H2,1-4H3,(H,19,21)(H,20,22). The third kappa shape index (κ3) is 3.27. The summed E-state index contributed by atoms with van der Waals surface area (Å²) in [5, 5.41) is 6.26. The van der Waals surface area contributed by atoms with Gasteiger partial charge in [0, 0.05) is 6.04 Å². The van der Waals surface area contributed by atoms with Gasteiger partial charge in [-0.1, -0.05) is 24.6 Å². The average molecular weight is 323 g/mol. The highest BCUT2D eigenvalue weighted by Crippen LogP contribution is 2.47. The van der Waals surface area contributed by atoms with Crippen LogP contribution < -0.4 is 10.6 Å². The number of hydrogen-bond donors (Lipinski definition) is 2. The van der Waals surface area contributed by atoms with Crippen LogP contribution in [0, 0.1) is 19.3 Å². The Morgan fingerprint density at radius 2 is 1.91 bits per heavy atom. The lowest BCUT2D eigenvalue weighted by Gasteiger charge is -2.19. The van der Waals surface area contributed by atoms with Crippen LogP contribution in [0.5, 0.6) is 0 Å². The molecular weight excluding hydrogens is 300 g/mol. The van der Waals surface area contributed by atoms with E-state index >= 15 is 0 Å². The molecule has 4 nitrogen and oxygen atoms in total. The molecule has 1 unspecified atom stereocenters. The van der Waals surface area contributed by atoms with Crippen LogP contribution in [0.25, 0.3) is 0 Å². The molecule has 1 aromatic rings. The lowest BCUT2D eigenvalue weighted by Crippen LogP contribution is -2.43. The number of amides is 2. The molecule has 0 heterocycles. The molecule has 22 heavy (non-hydrogen) atoms. The molecule has 2 rings (SSSR count). The van der Waals surface area contributed by atoms with E-state index in [1.54, 1.807) is 0 Å². The lowest BCUT2D eigenvalue weighted by atomic mass is 10.0. The first kappa shape index (κ1) is 16.8. The fraction of sp³-hybridized carbons (Fsp3) is 0.529. The van der Waals surface area contributed by atoms with E-state index in [0.717, 1.165) is 17.5 Å². The van der Waals surface area contributed by atoms with E-state index in [4.69, 9.17) is 11.6 Å². The second kappa shape index (κ2) is 6.29. The third-order valence-corrected chi connectivity index (χ3v) is 4.58. The van der Waals surface area contributed by atoms with Gasteiger partial charge in [0.2, 0.25) is 11.8 Å². The van der Waals surface area contributed by atoms with Crippen molar-refractivity contribution in [3.63, 3.8) is 0 Å². The van der Waals surface area contributed by atoms with Crippen LogP contribution >= 0.6 is 11.6 Å². The van der Waals surface area contributed by atoms with Gasteiger partial charge < -0.3 is 10.6 Å². The van der Waals surface area contributed by atoms with Crippen LogP contribution in [0.1, 0.15) is 44.2 Å². The van der Waals surface area contributed by atoms with Crippen LogP contribution in [0.3, 0.4) is 0 Å². The summed E-state index contributed by atoms with van der Waals surface area (Å²) >= 11 is 6.22. The molecule has 120 valence electrons. The summed E-state index contributed by atoms with van der Waals surface area (Å²) in [5.41, 5.74) is 1.61. The molecule has 0 spiro atoms. The number of anilines is 1. The van der Waals surface area contributed by atoms with E-state index in [2.05, 4.69) is 10.6 Å². The Morgan fingerprint density at radius 3 is 2.41 bits per heavy atom. The summed E-state index contributed by atoms with van der Waals surface area (Å²) in [6, 6.07) is 3.84. The largest absolute Gasteiger partial charge is 0.353 e. The minimum atomic E-state index is -0.927. The summed E-state index contributed by atoms with van der Waals surface area (Å²) < 4.78 is 0. The summed E-state index contributed by atoms with van der Waals surface area (Å²) in [4.78, 5) is 24.9. The van der Waals surface area contributed by atoms with Gasteiger partial charge in [0.15, 0.2) is 0 Å². The molecule has 1 saturated carbocycles. The summed E-state index contributed by atoms with van der Waals surface area (Å²) in [6.45, 7) is 7.78. The zero-order chi connectivity index (χ0) is 16.5. The number of carbonyl (C=O) groups excluding carboxylic acids is 2. The minimum absolute atomic E-state index is 0.0717. The van der Waals surface area contributed by atoms with Gasteiger partial charge in [0.05, 0.1) is 10.7 Å². The molecule has 1 fully saturated rings. The highest BCUT2D eigenvalue weighted by atomic mass is 35.5. The second-order valence-corrected chi connectivity index (χ2v) is 6.66. The Balaban J connectivity index is 2.14. The van der Waals surface area contributed by atoms with E-state index in [0.29, 0.717) is 23.6 Å². The molecule has 2 amide bonds. The summed E-state index contributed by atoms with van der Waals surface area (Å²) in [6.07, 6.45) is 2.01. The van der Waals surface area contributed by atoms with Crippen LogP contribution in [-0.4, -0.2) is 17.9 Å². The van der Waals surface area contributed by atoms with E-state index in [1.807, 2.05) is 39.8 Å². The van der Waals surface area contributed by atoms with Crippen molar-refractivity contribution in [3.05, 3.63) is 28.3 Å². The average Bonchev–Trinajstić information content (AvgIpc) is 3.23. The molecular formula is C17H23ClN2O2. The highest BCUT2D eigenvalue weighted by Gasteiger charge is 2.56. The summed E-state index contributed by atoms with van der Waals surface area (Å²) in [5.74, 6) is -0.442. The van der Waals surface area contributed by atoms with E-state index < -0.39 is 5.41 Å². The smallest absolute Gasteiger partial charge is 0.240 e. The molecule has 0 radical (unpaired) electrons. The SMILES string of the molecule is CCC(C)NC(=O)C1(C(=O)Nc2c(C)cc(C)cc2Cl)CC1. The number of aryl methyl sites for hydroxylation is 2. The molecule has 0 saturated heterocycles. The van der Waals surface area contributed by atoms with Gasteiger partial charge in [-0.15, -0.1) is 0 Å². The molecule has 1 aromatic carbocycles. The number of nitrogens with one attached hydrogen (secondary N) is 2. The molecule has 5 heteroatoms. The fourth-order valence-electron chi connectivity index (χ4n) is 2.45. The Labute approximate surface area is 136 Å². The topological polar surface area (TPSA) is 58.2 Å². The Bertz CT molecular complexity index is 586. The summed E-state index contributed by atoms with van der Waals surface area (Å²) in [7, 11) is 0. The van der Waals surface area contributed by atoms with Crippen LogP contribution in [0.15, 0.2) is 12.1 Å². The normalized spacial score (nSPS) is 16.8. The molecule has 0 bridgehead atoms. The first-order valence-corrected chi connectivity index (χ1v) is 8.07. The van der Waals surface area contributed by atoms with E-state index in [9.17, 15) is 9.59 Å². The zero-order valence-electron chi connectivity index (χ0n) is 13.5. The van der Waals surface area contributed by atoms with Gasteiger partial charge in [-0.3, -0.25) is 9.59 Å². The molecule has 0 aromatic heterocycles. The maximum Gasteiger partial charge on any atom is 0.240 e. The maximum absolute atomic E-state index is 12.6. The fourth-order valence-corrected chi connectivity index (χ4v) is 2.82. The van der Waals surface area contributed by atoms with Crippen molar-refractivity contribution in [2.24, 2.45) is 5.41 Å². The van der Waals surface area contributed by atoms with E-state index in [1.165, 1.54) is 0 Å². The number of hydrogen-bond acceptors (Lipinski definition) is 2. The van der Waals surface area contributed by atoms with Crippen molar-refractivity contribution in [2.45, 2.75) is 53.0 Å². The number of rotatable bonds is 5. The first-order chi connectivity index (χ1) is 10.3. The van der Waals surface area contributed by atoms with Crippen molar-refractivity contribution >= 4 is 29.1 Å². The monoisotopic (exact) mass is 322 g/mol. The third-order valence-electron chi connectivity index (χ3n) is 4.28. The molecule has 0 aliphatic heterocycles. The van der Waals surface area contributed by atoms with E-state index in [-0.39, 0.29) is 17.9 Å². The Kier molecular flexibility index (Phi) is 4.81. The van der Waals surface area contributed by atoms with Gasteiger partial charge in [0.25, 0.3) is 0 Å². The van der Waals surface area contributed by atoms with Gasteiger partial charge in [-0.25, -0.2) is 0 Å². The predicted octanol–water partition coefficient (Wildman–Crippen LogP) is 3.59. The molecule has 2 N–H and O–H groups in total. The first-order valence-electron chi connectivity index (χ1n) is 7.69. The Morgan fingerprint density at radius 1 is 1.27 bits per heavy atom. The number of carbonyl (C=O) groups is 2. The molecule has 1 aliphatic rings. The predicted molar refractivity (Wildman–Crippen MR) is 89.1 cm³/mol. The minimum Gasteiger partial charge on any atom is -0.353 e. The number of benzene rings is 1. The van der Waals surface area contributed by atoms with Crippen LogP contribution in [-0.2, 0) is 9.59 Å². The van der Waals surface area contributed by atoms with Crippen molar-refractivity contribution in [3.8, 4) is 0 Å². The molecule has 1 atom stereocenters. The highest BCUT2D eigenvalue weighted by molar-refractivity contribution is 6.34. The van der Waals surface area contributed by atoms with Crippen molar-refractivity contribution in [1.29, 1.82) is 0 Å². The van der Waals surface area contributed by atoms with Crippen LogP contribution in [0.4, 0.5) is 5.69 Å². The van der Waals surface area contributed by atoms with Gasteiger partial charge in [-0.2, -0.15) is 0 Å². The second-order valence-electron chi connectivity index (χ2n) is 6.26. The van der Waals surface area contributed by atoms with Crippen molar-refractivity contribution in [1.82, 2.24) is 5.32 Å². The lowest BCUT2D eigenvalue weighted by molar-refractivity contribution is -0.134. The van der Waals surface area contributed by atoms with Crippen LogP contribution in [0.2, 0.25) is 5.02 Å². The zero-order valence-corrected chi connectivity index (χ0v) is 14.3. The van der Waals surface area contributed by atoms with Gasteiger partial charge in [-0.05, 0) is 57.2 Å². The maximum atomic E-state index is 12.6. The quantitative estimate of drug-likeness (QED) is 0.814.